The van der Waals surface area contributed by atoms with Crippen molar-refractivity contribution in [3.63, 3.8) is 0 Å². The summed E-state index contributed by atoms with van der Waals surface area (Å²) >= 11 is 0. The van der Waals surface area contributed by atoms with E-state index in [0.717, 1.165) is 7.11 Å². The van der Waals surface area contributed by atoms with E-state index >= 15 is 0 Å². The molecule has 0 radical (unpaired) electrons. The second kappa shape index (κ2) is 8.33. The van der Waals surface area contributed by atoms with Gasteiger partial charge in [0, 0.05) is 20.1 Å². The Morgan fingerprint density at radius 2 is 1.77 bits per heavy atom. The largest absolute Gasteiger partial charge is 0.460 e. The van der Waals surface area contributed by atoms with Crippen LogP contribution < -0.4 is 0 Å². The molecular formula is C14H26N2O5Si. The lowest BCUT2D eigenvalue weighted by Crippen LogP contribution is -2.48. The smallest absolute Gasteiger partial charge is 0.444 e. The number of rotatable bonds is 8. The van der Waals surface area contributed by atoms with Crippen LogP contribution in [0.4, 0.5) is 0 Å². The van der Waals surface area contributed by atoms with Gasteiger partial charge in [0.25, 0.3) is 5.78 Å². The highest BCUT2D eigenvalue weighted by atomic mass is 28.4. The summed E-state index contributed by atoms with van der Waals surface area (Å²) in [5, 5.41) is -0.111. The molecule has 0 spiro atoms. The van der Waals surface area contributed by atoms with Gasteiger partial charge >= 0.3 is 11.7 Å². The van der Waals surface area contributed by atoms with E-state index in [1.54, 1.807) is 0 Å². The summed E-state index contributed by atoms with van der Waals surface area (Å²) in [6, 6.07) is 0. The van der Waals surface area contributed by atoms with Gasteiger partial charge in [0.1, 0.15) is 6.10 Å². The Bertz CT molecular complexity index is 464. The number of hydrogen-bond donors (Lipinski definition) is 0. The highest BCUT2D eigenvalue weighted by Gasteiger charge is 2.44. The average molecular weight is 330 g/mol. The molecule has 0 aliphatic heterocycles. The summed E-state index contributed by atoms with van der Waals surface area (Å²) in [6.07, 6.45) is -0.649. The number of methoxy groups -OCH3 is 2. The maximum atomic E-state index is 12.4. The zero-order valence-electron chi connectivity index (χ0n) is 14.4. The van der Waals surface area contributed by atoms with E-state index in [1.165, 1.54) is 7.11 Å². The number of esters is 1. The fourth-order valence-electron chi connectivity index (χ4n) is 1.44. The second-order valence-corrected chi connectivity index (χ2v) is 11.2. The summed E-state index contributed by atoms with van der Waals surface area (Å²) in [4.78, 5) is 26.7. The lowest BCUT2D eigenvalue weighted by atomic mass is 10.1. The van der Waals surface area contributed by atoms with Gasteiger partial charge in [0.15, 0.2) is 8.32 Å². The van der Waals surface area contributed by atoms with Crippen LogP contribution in [-0.2, 0) is 23.5 Å². The molecule has 0 N–H and O–H groups in total. The summed E-state index contributed by atoms with van der Waals surface area (Å²) in [5.41, 5.74) is 8.26. The van der Waals surface area contributed by atoms with E-state index in [1.807, 2.05) is 33.9 Å². The van der Waals surface area contributed by atoms with E-state index in [4.69, 9.17) is 14.7 Å². The number of carbonyl (C=O) groups is 2. The van der Waals surface area contributed by atoms with Gasteiger partial charge in [0.2, 0.25) is 0 Å². The van der Waals surface area contributed by atoms with Crippen LogP contribution >= 0.6 is 0 Å². The maximum absolute atomic E-state index is 12.4. The summed E-state index contributed by atoms with van der Waals surface area (Å²) in [7, 11) is 0.370. The molecule has 0 aliphatic carbocycles. The van der Waals surface area contributed by atoms with Crippen molar-refractivity contribution in [1.29, 1.82) is 0 Å². The Morgan fingerprint density at radius 3 is 2.14 bits per heavy atom. The molecule has 8 heteroatoms. The number of Topliss-reactive ketones (excluding diaryl/α,β-unsaturated/α-hetero) is 1. The highest BCUT2D eigenvalue weighted by Crippen LogP contribution is 2.37. The number of nitrogens with zero attached hydrogens (tertiary/aromatic N) is 2. The number of hydrogen-bond acceptors (Lipinski definition) is 5. The SMILES string of the molecule is COCC[C@H](O[Si](C)(C)C(C)(C)C)C(=O)C(=[N+]=[N-])C(=O)OC. The van der Waals surface area contributed by atoms with Gasteiger partial charge in [0.05, 0.1) is 7.11 Å². The monoisotopic (exact) mass is 330 g/mol. The molecule has 0 saturated carbocycles. The van der Waals surface area contributed by atoms with Crippen molar-refractivity contribution >= 4 is 25.8 Å². The molecular weight excluding hydrogens is 304 g/mol. The predicted octanol–water partition coefficient (Wildman–Crippen LogP) is 1.83. The van der Waals surface area contributed by atoms with Crippen molar-refractivity contribution in [3.8, 4) is 0 Å². The Morgan fingerprint density at radius 1 is 1.23 bits per heavy atom. The van der Waals surface area contributed by atoms with Gasteiger partial charge in [-0.05, 0) is 18.1 Å². The summed E-state index contributed by atoms with van der Waals surface area (Å²) < 4.78 is 15.5. The molecule has 0 fully saturated rings. The van der Waals surface area contributed by atoms with Crippen LogP contribution in [0.25, 0.3) is 5.53 Å². The van der Waals surface area contributed by atoms with Crippen LogP contribution in [0.3, 0.4) is 0 Å². The molecule has 0 aliphatic rings. The molecule has 0 aromatic rings. The Labute approximate surface area is 132 Å². The van der Waals surface area contributed by atoms with Gasteiger partial charge in [-0.2, -0.15) is 4.79 Å². The molecule has 0 saturated heterocycles. The van der Waals surface area contributed by atoms with Crippen molar-refractivity contribution in [2.75, 3.05) is 20.8 Å². The third-order valence-electron chi connectivity index (χ3n) is 3.83. The zero-order chi connectivity index (χ0) is 17.6. The average Bonchev–Trinajstić information content (AvgIpc) is 2.42. The van der Waals surface area contributed by atoms with Crippen molar-refractivity contribution < 1.29 is 28.3 Å². The van der Waals surface area contributed by atoms with E-state index in [9.17, 15) is 9.59 Å². The first-order chi connectivity index (χ1) is 10.0. The van der Waals surface area contributed by atoms with E-state index < -0.39 is 31.9 Å². The molecule has 0 bridgehead atoms. The Kier molecular flexibility index (Phi) is 7.82. The predicted molar refractivity (Wildman–Crippen MR) is 84.2 cm³/mol. The number of carbonyl (C=O) groups excluding carboxylic acids is 2. The van der Waals surface area contributed by atoms with Gasteiger partial charge in [-0.1, -0.05) is 20.8 Å². The lowest BCUT2D eigenvalue weighted by molar-refractivity contribution is -0.141. The van der Waals surface area contributed by atoms with Crippen LogP contribution in [0.2, 0.25) is 18.1 Å². The van der Waals surface area contributed by atoms with Crippen molar-refractivity contribution in [2.24, 2.45) is 0 Å². The van der Waals surface area contributed by atoms with Crippen LogP contribution in [0.1, 0.15) is 27.2 Å². The van der Waals surface area contributed by atoms with E-state index in [-0.39, 0.29) is 18.1 Å². The van der Waals surface area contributed by atoms with Gasteiger partial charge in [-0.25, -0.2) is 4.79 Å². The fourth-order valence-corrected chi connectivity index (χ4v) is 2.73. The van der Waals surface area contributed by atoms with Gasteiger partial charge in [-0.15, -0.1) is 0 Å². The first kappa shape index (κ1) is 20.7. The summed E-state index contributed by atoms with van der Waals surface area (Å²) in [5.74, 6) is -1.69. The van der Waals surface area contributed by atoms with Gasteiger partial charge < -0.3 is 19.4 Å². The molecule has 0 aromatic heterocycles. The van der Waals surface area contributed by atoms with E-state index in [0.29, 0.717) is 0 Å². The van der Waals surface area contributed by atoms with Crippen LogP contribution in [-0.4, -0.2) is 57.5 Å². The molecule has 126 valence electrons. The molecule has 7 nitrogen and oxygen atoms in total. The standard InChI is InChI=1S/C14H26N2O5Si/c1-14(2,3)22(6,7)21-10(8-9-19-4)12(17)11(16-15)13(18)20-5/h10H,8-9H2,1-7H3/t10-/m0/s1. The number of ketones is 1. The van der Waals surface area contributed by atoms with Crippen LogP contribution in [0, 0.1) is 0 Å². The van der Waals surface area contributed by atoms with Crippen molar-refractivity contribution in [3.05, 3.63) is 5.53 Å². The molecule has 0 rings (SSSR count). The topological polar surface area (TPSA) is 98.2 Å². The first-order valence-electron chi connectivity index (χ1n) is 7.03. The zero-order valence-corrected chi connectivity index (χ0v) is 15.4. The number of ether oxygens (including phenoxy) is 2. The molecule has 0 amide bonds. The lowest BCUT2D eigenvalue weighted by Gasteiger charge is -2.38. The molecule has 0 aromatic carbocycles. The minimum absolute atomic E-state index is 0.111. The quantitative estimate of drug-likeness (QED) is 0.169. The van der Waals surface area contributed by atoms with Crippen molar-refractivity contribution in [1.82, 2.24) is 0 Å². The maximum Gasteiger partial charge on any atom is 0.444 e. The minimum Gasteiger partial charge on any atom is -0.460 e. The third kappa shape index (κ3) is 5.45. The van der Waals surface area contributed by atoms with Crippen LogP contribution in [0.15, 0.2) is 0 Å². The second-order valence-electron chi connectivity index (χ2n) is 6.45. The van der Waals surface area contributed by atoms with Crippen LogP contribution in [0.5, 0.6) is 0 Å². The minimum atomic E-state index is -2.25. The van der Waals surface area contributed by atoms with E-state index in [2.05, 4.69) is 9.53 Å². The Hall–Kier alpha value is -1.34. The normalized spacial score (nSPS) is 13.2. The molecule has 0 heterocycles. The Balaban J connectivity index is 5.42. The fraction of sp³-hybridized carbons (Fsp3) is 0.786. The molecule has 22 heavy (non-hydrogen) atoms. The highest BCUT2D eigenvalue weighted by molar-refractivity contribution is 6.74. The molecule has 0 unspecified atom stereocenters. The first-order valence-corrected chi connectivity index (χ1v) is 9.94. The summed E-state index contributed by atoms with van der Waals surface area (Å²) in [6.45, 7) is 10.4. The van der Waals surface area contributed by atoms with Crippen molar-refractivity contribution in [2.45, 2.75) is 51.4 Å². The molecule has 1 atom stereocenters. The third-order valence-corrected chi connectivity index (χ3v) is 8.32. The van der Waals surface area contributed by atoms with Gasteiger partial charge in [-0.3, -0.25) is 4.79 Å².